The van der Waals surface area contributed by atoms with E-state index in [2.05, 4.69) is 9.97 Å². The van der Waals surface area contributed by atoms with Crippen molar-refractivity contribution in [2.45, 2.75) is 56.2 Å². The highest BCUT2D eigenvalue weighted by Crippen LogP contribution is 2.31. The van der Waals surface area contributed by atoms with Crippen molar-refractivity contribution in [1.29, 1.82) is 0 Å². The van der Waals surface area contributed by atoms with Gasteiger partial charge in [0.05, 0.1) is 24.9 Å². The molecule has 1 aliphatic carbocycles. The SMILES string of the molecule is CCc1ncc(S(=O)(=O)N2CCOC3CCCCC32)[nH]1. The predicted molar refractivity (Wildman–Crippen MR) is 73.9 cm³/mol. The van der Waals surface area contributed by atoms with Crippen LogP contribution in [0.3, 0.4) is 0 Å². The van der Waals surface area contributed by atoms with Gasteiger partial charge in [0.1, 0.15) is 5.82 Å². The number of nitrogens with one attached hydrogen (secondary N) is 1. The largest absolute Gasteiger partial charge is 0.375 e. The molecule has 0 bridgehead atoms. The maximum absolute atomic E-state index is 12.8. The van der Waals surface area contributed by atoms with E-state index in [-0.39, 0.29) is 17.2 Å². The third-order valence-electron chi connectivity index (χ3n) is 4.21. The Balaban J connectivity index is 1.89. The lowest BCUT2D eigenvalue weighted by Crippen LogP contribution is -2.54. The molecule has 1 aliphatic heterocycles. The summed E-state index contributed by atoms with van der Waals surface area (Å²) in [6.45, 7) is 2.86. The Morgan fingerprint density at radius 1 is 1.45 bits per heavy atom. The molecular weight excluding hydrogens is 278 g/mol. The van der Waals surface area contributed by atoms with E-state index in [0.717, 1.165) is 25.7 Å². The summed E-state index contributed by atoms with van der Waals surface area (Å²) in [6, 6.07) is -0.0177. The zero-order valence-electron chi connectivity index (χ0n) is 11.7. The second-order valence-electron chi connectivity index (χ2n) is 5.42. The topological polar surface area (TPSA) is 75.3 Å². The molecule has 1 aromatic heterocycles. The minimum atomic E-state index is -3.49. The molecule has 2 unspecified atom stereocenters. The van der Waals surface area contributed by atoms with Gasteiger partial charge >= 0.3 is 0 Å². The summed E-state index contributed by atoms with van der Waals surface area (Å²) in [5.74, 6) is 0.706. The predicted octanol–water partition coefficient (Wildman–Crippen LogP) is 1.30. The fourth-order valence-corrected chi connectivity index (χ4v) is 4.74. The zero-order chi connectivity index (χ0) is 14.2. The van der Waals surface area contributed by atoms with Crippen LogP contribution >= 0.6 is 0 Å². The van der Waals surface area contributed by atoms with E-state index >= 15 is 0 Å². The van der Waals surface area contributed by atoms with Gasteiger partial charge in [-0.15, -0.1) is 0 Å². The number of nitrogens with zero attached hydrogens (tertiary/aromatic N) is 2. The van der Waals surface area contributed by atoms with Crippen molar-refractivity contribution >= 4 is 10.0 Å². The molecule has 0 aromatic carbocycles. The molecule has 1 aromatic rings. The van der Waals surface area contributed by atoms with Crippen LogP contribution in [-0.4, -0.2) is 48.0 Å². The Hall–Kier alpha value is -0.920. The number of hydrogen-bond acceptors (Lipinski definition) is 4. The van der Waals surface area contributed by atoms with Gasteiger partial charge in [0.15, 0.2) is 5.03 Å². The third kappa shape index (κ3) is 2.38. The van der Waals surface area contributed by atoms with Crippen molar-refractivity contribution in [3.05, 3.63) is 12.0 Å². The van der Waals surface area contributed by atoms with Gasteiger partial charge in [-0.3, -0.25) is 0 Å². The van der Waals surface area contributed by atoms with Gasteiger partial charge in [-0.2, -0.15) is 4.31 Å². The molecule has 1 saturated heterocycles. The first-order valence-electron chi connectivity index (χ1n) is 7.30. The molecule has 0 radical (unpaired) electrons. The maximum Gasteiger partial charge on any atom is 0.260 e. The third-order valence-corrected chi connectivity index (χ3v) is 6.04. The van der Waals surface area contributed by atoms with E-state index < -0.39 is 10.0 Å². The lowest BCUT2D eigenvalue weighted by molar-refractivity contribution is -0.0586. The number of rotatable bonds is 3. The zero-order valence-corrected chi connectivity index (χ0v) is 12.5. The highest BCUT2D eigenvalue weighted by Gasteiger charge is 2.41. The Bertz CT molecular complexity index is 567. The quantitative estimate of drug-likeness (QED) is 0.913. The molecular formula is C13H21N3O3S. The first-order valence-corrected chi connectivity index (χ1v) is 8.74. The maximum atomic E-state index is 12.8. The van der Waals surface area contributed by atoms with Crippen molar-refractivity contribution in [2.75, 3.05) is 13.2 Å². The number of H-pyrrole nitrogens is 1. The number of fused-ring (bicyclic) bond motifs is 1. The lowest BCUT2D eigenvalue weighted by Gasteiger charge is -2.42. The molecule has 2 heterocycles. The number of hydrogen-bond donors (Lipinski definition) is 1. The van der Waals surface area contributed by atoms with Crippen LogP contribution in [0.15, 0.2) is 11.2 Å². The second kappa shape index (κ2) is 5.46. The molecule has 112 valence electrons. The van der Waals surface area contributed by atoms with Crippen LogP contribution in [0.5, 0.6) is 0 Å². The highest BCUT2D eigenvalue weighted by atomic mass is 32.2. The van der Waals surface area contributed by atoms with Gasteiger partial charge < -0.3 is 9.72 Å². The number of aryl methyl sites for hydroxylation is 1. The van der Waals surface area contributed by atoms with E-state index in [1.165, 1.54) is 6.20 Å². The summed E-state index contributed by atoms with van der Waals surface area (Å²) >= 11 is 0. The normalized spacial score (nSPS) is 28.2. The van der Waals surface area contributed by atoms with Crippen molar-refractivity contribution < 1.29 is 13.2 Å². The fraction of sp³-hybridized carbons (Fsp3) is 0.769. The van der Waals surface area contributed by atoms with E-state index in [9.17, 15) is 8.42 Å². The first-order chi connectivity index (χ1) is 9.63. The second-order valence-corrected chi connectivity index (χ2v) is 7.28. The number of ether oxygens (including phenoxy) is 1. The summed E-state index contributed by atoms with van der Waals surface area (Å²) in [6.07, 6.45) is 6.23. The number of sulfonamides is 1. The van der Waals surface area contributed by atoms with Gasteiger partial charge in [0.25, 0.3) is 10.0 Å². The van der Waals surface area contributed by atoms with Gasteiger partial charge in [-0.25, -0.2) is 13.4 Å². The average molecular weight is 299 g/mol. The number of aromatic nitrogens is 2. The Labute approximate surface area is 119 Å². The number of imidazole rings is 1. The van der Waals surface area contributed by atoms with Crippen molar-refractivity contribution in [1.82, 2.24) is 14.3 Å². The monoisotopic (exact) mass is 299 g/mol. The van der Waals surface area contributed by atoms with Gasteiger partial charge in [0, 0.05) is 13.0 Å². The molecule has 20 heavy (non-hydrogen) atoms. The molecule has 7 heteroatoms. The van der Waals surface area contributed by atoms with Gasteiger partial charge in [-0.05, 0) is 12.8 Å². The van der Waals surface area contributed by atoms with E-state index in [0.29, 0.717) is 25.4 Å². The Morgan fingerprint density at radius 2 is 2.25 bits per heavy atom. The van der Waals surface area contributed by atoms with Crippen LogP contribution < -0.4 is 0 Å². The van der Waals surface area contributed by atoms with Crippen molar-refractivity contribution in [3.63, 3.8) is 0 Å². The summed E-state index contributed by atoms with van der Waals surface area (Å²) in [4.78, 5) is 7.02. The van der Waals surface area contributed by atoms with Crippen LogP contribution in [-0.2, 0) is 21.2 Å². The molecule has 2 atom stereocenters. The summed E-state index contributed by atoms with van der Waals surface area (Å²) in [5, 5.41) is 0.209. The molecule has 0 amide bonds. The Kier molecular flexibility index (Phi) is 3.83. The minimum absolute atomic E-state index is 0.0177. The first kappa shape index (κ1) is 14.0. The molecule has 6 nitrogen and oxygen atoms in total. The molecule has 0 spiro atoms. The van der Waals surface area contributed by atoms with Crippen molar-refractivity contribution in [3.8, 4) is 0 Å². The molecule has 1 saturated carbocycles. The van der Waals surface area contributed by atoms with Crippen LogP contribution in [0.1, 0.15) is 38.4 Å². The molecule has 2 aliphatic rings. The van der Waals surface area contributed by atoms with Crippen molar-refractivity contribution in [2.24, 2.45) is 0 Å². The van der Waals surface area contributed by atoms with Crippen LogP contribution in [0.25, 0.3) is 0 Å². The highest BCUT2D eigenvalue weighted by molar-refractivity contribution is 7.89. The average Bonchev–Trinajstić information content (AvgIpc) is 2.96. The Morgan fingerprint density at radius 3 is 3.00 bits per heavy atom. The summed E-state index contributed by atoms with van der Waals surface area (Å²) in [7, 11) is -3.49. The minimum Gasteiger partial charge on any atom is -0.375 e. The van der Waals surface area contributed by atoms with E-state index in [4.69, 9.17) is 4.74 Å². The lowest BCUT2D eigenvalue weighted by atomic mass is 9.91. The summed E-state index contributed by atoms with van der Waals surface area (Å²) in [5.41, 5.74) is 0. The molecule has 3 rings (SSSR count). The van der Waals surface area contributed by atoms with Gasteiger partial charge in [-0.1, -0.05) is 19.8 Å². The smallest absolute Gasteiger partial charge is 0.260 e. The van der Waals surface area contributed by atoms with Crippen LogP contribution in [0.4, 0.5) is 0 Å². The standard InChI is InChI=1S/C13H21N3O3S/c1-2-12-14-9-13(15-12)20(17,18)16-7-8-19-11-6-4-3-5-10(11)16/h9-11H,2-8H2,1H3,(H,14,15). The summed E-state index contributed by atoms with van der Waals surface area (Å²) < 4.78 is 32.9. The molecule has 1 N–H and O–H groups in total. The number of morpholine rings is 1. The van der Waals surface area contributed by atoms with E-state index in [1.807, 2.05) is 6.92 Å². The molecule has 2 fully saturated rings. The fourth-order valence-electron chi connectivity index (χ4n) is 3.14. The number of aromatic amines is 1. The van der Waals surface area contributed by atoms with E-state index in [1.54, 1.807) is 4.31 Å². The van der Waals surface area contributed by atoms with Crippen LogP contribution in [0.2, 0.25) is 0 Å². The van der Waals surface area contributed by atoms with Gasteiger partial charge in [0.2, 0.25) is 0 Å². The van der Waals surface area contributed by atoms with Crippen LogP contribution in [0, 0.1) is 0 Å².